The lowest BCUT2D eigenvalue weighted by Gasteiger charge is -2.14. The number of hydrogen-bond donors (Lipinski definition) is 3. The van der Waals surface area contributed by atoms with Crippen LogP contribution in [0.5, 0.6) is 0 Å². The van der Waals surface area contributed by atoms with Gasteiger partial charge in [-0.1, -0.05) is 29.8 Å². The van der Waals surface area contributed by atoms with Crippen molar-refractivity contribution in [3.05, 3.63) is 58.2 Å². The second-order valence-corrected chi connectivity index (χ2v) is 8.03. The van der Waals surface area contributed by atoms with Crippen LogP contribution in [0.4, 0.5) is 0 Å². The zero-order valence-electron chi connectivity index (χ0n) is 13.2. The molecule has 0 saturated heterocycles. The number of amides is 1. The van der Waals surface area contributed by atoms with Gasteiger partial charge in [-0.15, -0.1) is 0 Å². The van der Waals surface area contributed by atoms with Gasteiger partial charge in [-0.3, -0.25) is 10.2 Å². The molecule has 1 aliphatic rings. The van der Waals surface area contributed by atoms with E-state index in [9.17, 15) is 13.2 Å². The predicted octanol–water partition coefficient (Wildman–Crippen LogP) is 1.21. The highest BCUT2D eigenvalue weighted by Gasteiger charge is 2.29. The predicted molar refractivity (Wildman–Crippen MR) is 92.7 cm³/mol. The molecule has 0 radical (unpaired) electrons. The number of nitrogens with two attached hydrogens (primary N) is 1. The molecular formula is C16H17ClN4O3S. The van der Waals surface area contributed by atoms with Crippen LogP contribution >= 0.6 is 11.6 Å². The molecule has 1 heterocycles. The van der Waals surface area contributed by atoms with Crippen molar-refractivity contribution in [3.63, 3.8) is 0 Å². The molecule has 4 N–H and O–H groups in total. The molecule has 1 saturated carbocycles. The van der Waals surface area contributed by atoms with Gasteiger partial charge in [-0.25, -0.2) is 13.1 Å². The number of carbonyl (C=O) groups excluding carboxylic acids is 1. The molecular weight excluding hydrogens is 364 g/mol. The molecule has 0 atom stereocenters. The molecule has 7 nitrogen and oxygen atoms in total. The number of nitrogens with one attached hydrogen (secondary N) is 2. The lowest BCUT2D eigenvalue weighted by molar-refractivity contribution is 0.0997. The number of rotatable bonds is 6. The Hall–Kier alpha value is -2.16. The smallest absolute Gasteiger partial charge is 0.252 e. The summed E-state index contributed by atoms with van der Waals surface area (Å²) >= 11 is 6.00. The summed E-state index contributed by atoms with van der Waals surface area (Å²) in [5.74, 6) is -0.766. The van der Waals surface area contributed by atoms with Gasteiger partial charge >= 0.3 is 0 Å². The van der Waals surface area contributed by atoms with Crippen molar-refractivity contribution in [3.8, 4) is 0 Å². The second kappa shape index (κ2) is 6.62. The molecule has 25 heavy (non-hydrogen) atoms. The normalized spacial score (nSPS) is 14.4. The topological polar surface area (TPSA) is 118 Å². The minimum Gasteiger partial charge on any atom is -0.365 e. The van der Waals surface area contributed by atoms with Crippen LogP contribution in [0.15, 0.2) is 41.4 Å². The Labute approximate surface area is 150 Å². The summed E-state index contributed by atoms with van der Waals surface area (Å²) in [6.45, 7) is 0.0709. The largest absolute Gasteiger partial charge is 0.365 e. The quantitative estimate of drug-likeness (QED) is 0.698. The molecule has 1 aromatic heterocycles. The lowest BCUT2D eigenvalue weighted by atomic mass is 10.2. The van der Waals surface area contributed by atoms with Crippen molar-refractivity contribution < 1.29 is 13.2 Å². The van der Waals surface area contributed by atoms with Gasteiger partial charge in [0, 0.05) is 12.2 Å². The average molecular weight is 381 g/mol. The molecule has 9 heteroatoms. The molecule has 1 fully saturated rings. The Morgan fingerprint density at radius 2 is 2.04 bits per heavy atom. The number of aromatic nitrogens is 1. The summed E-state index contributed by atoms with van der Waals surface area (Å²) < 4.78 is 29.1. The minimum atomic E-state index is -3.65. The summed E-state index contributed by atoms with van der Waals surface area (Å²) in [6, 6.07) is 7.85. The van der Waals surface area contributed by atoms with Crippen molar-refractivity contribution >= 4 is 27.5 Å². The van der Waals surface area contributed by atoms with Gasteiger partial charge in [-0.05, 0) is 30.5 Å². The van der Waals surface area contributed by atoms with Crippen LogP contribution in [0.2, 0.25) is 5.02 Å². The van der Waals surface area contributed by atoms with Crippen LogP contribution in [-0.4, -0.2) is 24.9 Å². The maximum Gasteiger partial charge on any atom is 0.252 e. The van der Waals surface area contributed by atoms with E-state index in [4.69, 9.17) is 22.7 Å². The highest BCUT2D eigenvalue weighted by atomic mass is 35.5. The second-order valence-electron chi connectivity index (χ2n) is 5.92. The van der Waals surface area contributed by atoms with Gasteiger partial charge in [0.25, 0.3) is 5.91 Å². The van der Waals surface area contributed by atoms with E-state index < -0.39 is 15.9 Å². The van der Waals surface area contributed by atoms with Crippen LogP contribution in [-0.2, 0) is 16.6 Å². The molecule has 132 valence electrons. The molecule has 3 rings (SSSR count). The summed E-state index contributed by atoms with van der Waals surface area (Å²) in [6.07, 6.45) is 3.14. The van der Waals surface area contributed by atoms with Crippen LogP contribution < -0.4 is 15.9 Å². The molecule has 2 aromatic rings. The van der Waals surface area contributed by atoms with Crippen LogP contribution in [0, 0.1) is 5.41 Å². The third-order valence-corrected chi connectivity index (χ3v) is 5.70. The maximum atomic E-state index is 12.6. The third-order valence-electron chi connectivity index (χ3n) is 3.87. The molecule has 0 aliphatic heterocycles. The van der Waals surface area contributed by atoms with E-state index in [2.05, 4.69) is 4.72 Å². The van der Waals surface area contributed by atoms with Crippen molar-refractivity contribution in [2.24, 2.45) is 5.73 Å². The van der Waals surface area contributed by atoms with Gasteiger partial charge < -0.3 is 10.3 Å². The first-order valence-electron chi connectivity index (χ1n) is 7.62. The van der Waals surface area contributed by atoms with Crippen molar-refractivity contribution in [2.75, 3.05) is 0 Å². The van der Waals surface area contributed by atoms with E-state index in [1.807, 2.05) is 0 Å². The third kappa shape index (κ3) is 3.92. The van der Waals surface area contributed by atoms with E-state index in [1.54, 1.807) is 18.2 Å². The van der Waals surface area contributed by atoms with E-state index in [0.29, 0.717) is 5.56 Å². The summed E-state index contributed by atoms with van der Waals surface area (Å²) in [5.41, 5.74) is 5.61. The molecule has 1 amide bonds. The van der Waals surface area contributed by atoms with E-state index in [0.717, 1.165) is 12.8 Å². The number of halogens is 1. The Morgan fingerprint density at radius 3 is 2.68 bits per heavy atom. The van der Waals surface area contributed by atoms with Crippen molar-refractivity contribution in [2.45, 2.75) is 30.3 Å². The molecule has 1 aromatic carbocycles. The number of sulfonamides is 1. The van der Waals surface area contributed by atoms with Crippen LogP contribution in [0.3, 0.4) is 0 Å². The van der Waals surface area contributed by atoms with Gasteiger partial charge in [0.15, 0.2) is 0 Å². The summed E-state index contributed by atoms with van der Waals surface area (Å²) in [4.78, 5) is 11.6. The van der Waals surface area contributed by atoms with Crippen molar-refractivity contribution in [1.82, 2.24) is 9.29 Å². The molecule has 0 spiro atoms. The Bertz CT molecular complexity index is 997. The van der Waals surface area contributed by atoms with Crippen LogP contribution in [0.1, 0.15) is 28.8 Å². The first kappa shape index (κ1) is 17.7. The van der Waals surface area contributed by atoms with E-state index in [-0.39, 0.29) is 33.6 Å². The lowest BCUT2D eigenvalue weighted by Crippen LogP contribution is -2.31. The number of primary amides is 1. The van der Waals surface area contributed by atoms with E-state index in [1.165, 1.54) is 22.9 Å². The fourth-order valence-corrected chi connectivity index (χ4v) is 4.25. The Kier molecular flexibility index (Phi) is 4.68. The number of carbonyl (C=O) groups is 1. The van der Waals surface area contributed by atoms with E-state index >= 15 is 0 Å². The number of hydrogen-bond acceptors (Lipinski definition) is 4. The maximum absolute atomic E-state index is 12.6. The average Bonchev–Trinajstić information content (AvgIpc) is 3.34. The molecule has 0 bridgehead atoms. The Morgan fingerprint density at radius 1 is 1.36 bits per heavy atom. The zero-order chi connectivity index (χ0) is 18.2. The fourth-order valence-electron chi connectivity index (χ4n) is 2.49. The highest BCUT2D eigenvalue weighted by Crippen LogP contribution is 2.24. The molecule has 0 unspecified atom stereocenters. The first-order valence-corrected chi connectivity index (χ1v) is 9.48. The van der Waals surface area contributed by atoms with Gasteiger partial charge in [-0.2, -0.15) is 0 Å². The number of benzene rings is 1. The first-order chi connectivity index (χ1) is 11.8. The SMILES string of the molecule is N=c1c(C(N)=O)cc(Cl)cn1Cc1ccccc1S(=O)(=O)NC1CC1. The van der Waals surface area contributed by atoms with Gasteiger partial charge in [0.05, 0.1) is 22.0 Å². The number of nitrogens with zero attached hydrogens (tertiary/aromatic N) is 1. The van der Waals surface area contributed by atoms with Gasteiger partial charge in [0.1, 0.15) is 5.49 Å². The summed E-state index contributed by atoms with van der Waals surface area (Å²) in [5, 5.41) is 8.35. The monoisotopic (exact) mass is 380 g/mol. The fraction of sp³-hybridized carbons (Fsp3) is 0.250. The minimum absolute atomic E-state index is 0.00919. The highest BCUT2D eigenvalue weighted by molar-refractivity contribution is 7.89. The van der Waals surface area contributed by atoms with Crippen LogP contribution in [0.25, 0.3) is 0 Å². The standard InChI is InChI=1S/C16H17ClN4O3S/c17-11-7-13(16(19)22)15(18)21(9-11)8-10-3-1-2-4-14(10)25(23,24)20-12-5-6-12/h1-4,7,9,12,18,20H,5-6,8H2,(H2,19,22). The summed E-state index contributed by atoms with van der Waals surface area (Å²) in [7, 11) is -3.65. The number of pyridine rings is 1. The Balaban J connectivity index is 2.02. The van der Waals surface area contributed by atoms with Gasteiger partial charge in [0.2, 0.25) is 10.0 Å². The van der Waals surface area contributed by atoms with Crippen molar-refractivity contribution in [1.29, 1.82) is 5.41 Å². The molecule has 1 aliphatic carbocycles. The zero-order valence-corrected chi connectivity index (χ0v) is 14.8.